The summed E-state index contributed by atoms with van der Waals surface area (Å²) in [6.45, 7) is 3.17. The second-order valence-corrected chi connectivity index (χ2v) is 4.19. The zero-order valence-corrected chi connectivity index (χ0v) is 10.8. The molecule has 0 saturated heterocycles. The van der Waals surface area contributed by atoms with Gasteiger partial charge in [-0.1, -0.05) is 5.92 Å². The number of nitro groups is 1. The first kappa shape index (κ1) is 14.5. The van der Waals surface area contributed by atoms with Gasteiger partial charge in [0.15, 0.2) is 11.4 Å². The third-order valence-corrected chi connectivity index (χ3v) is 2.29. The molecule has 6 heteroatoms. The fraction of sp³-hybridized carbons (Fsp3) is 0.308. The minimum Gasteiger partial charge on any atom is -0.468 e. The van der Waals surface area contributed by atoms with Crippen LogP contribution < -0.4 is 4.74 Å². The lowest BCUT2D eigenvalue weighted by Gasteiger charge is -2.20. The molecule has 0 heterocycles. The Morgan fingerprint density at radius 2 is 2.11 bits per heavy atom. The number of hydrogen-bond acceptors (Lipinski definition) is 5. The first-order valence-electron chi connectivity index (χ1n) is 5.34. The predicted octanol–water partition coefficient (Wildman–Crippen LogP) is 2.17. The highest BCUT2D eigenvalue weighted by atomic mass is 16.6. The van der Waals surface area contributed by atoms with E-state index in [1.165, 1.54) is 25.3 Å². The smallest absolute Gasteiger partial charge is 0.337 e. The van der Waals surface area contributed by atoms with Gasteiger partial charge in [0.1, 0.15) is 0 Å². The van der Waals surface area contributed by atoms with Crippen molar-refractivity contribution in [2.24, 2.45) is 0 Å². The highest BCUT2D eigenvalue weighted by Gasteiger charge is 2.24. The Balaban J connectivity index is 3.28. The Hall–Kier alpha value is -2.55. The van der Waals surface area contributed by atoms with Crippen LogP contribution in [0.15, 0.2) is 18.2 Å². The topological polar surface area (TPSA) is 78.7 Å². The van der Waals surface area contributed by atoms with Crippen LogP contribution in [-0.2, 0) is 4.74 Å². The van der Waals surface area contributed by atoms with E-state index in [-0.39, 0.29) is 17.0 Å². The van der Waals surface area contributed by atoms with Crippen molar-refractivity contribution in [3.05, 3.63) is 33.9 Å². The average Bonchev–Trinajstić information content (AvgIpc) is 2.37. The molecule has 0 atom stereocenters. The molecule has 0 N–H and O–H groups in total. The maximum atomic E-state index is 11.4. The van der Waals surface area contributed by atoms with Crippen molar-refractivity contribution < 1.29 is 19.2 Å². The van der Waals surface area contributed by atoms with E-state index in [9.17, 15) is 14.9 Å². The SMILES string of the molecule is C#CC(C)(C)Oc1cc(C(=O)OC)ccc1[N+](=O)[O-]. The van der Waals surface area contributed by atoms with E-state index in [1.807, 2.05) is 0 Å². The van der Waals surface area contributed by atoms with Crippen LogP contribution >= 0.6 is 0 Å². The Labute approximate surface area is 110 Å². The summed E-state index contributed by atoms with van der Waals surface area (Å²) in [5.74, 6) is 1.67. The van der Waals surface area contributed by atoms with Crippen LogP contribution in [-0.4, -0.2) is 23.6 Å². The number of methoxy groups -OCH3 is 1. The predicted molar refractivity (Wildman–Crippen MR) is 68.0 cm³/mol. The van der Waals surface area contributed by atoms with E-state index in [2.05, 4.69) is 10.7 Å². The molecular formula is C13H13NO5. The van der Waals surface area contributed by atoms with Gasteiger partial charge in [0.25, 0.3) is 0 Å². The highest BCUT2D eigenvalue weighted by Crippen LogP contribution is 2.31. The fourth-order valence-corrected chi connectivity index (χ4v) is 1.30. The highest BCUT2D eigenvalue weighted by molar-refractivity contribution is 5.90. The molecule has 1 aromatic carbocycles. The summed E-state index contributed by atoms with van der Waals surface area (Å²) in [5, 5.41) is 10.9. The quantitative estimate of drug-likeness (QED) is 0.360. The van der Waals surface area contributed by atoms with Gasteiger partial charge in [-0.15, -0.1) is 6.42 Å². The van der Waals surface area contributed by atoms with Crippen molar-refractivity contribution in [2.45, 2.75) is 19.4 Å². The molecule has 0 aromatic heterocycles. The summed E-state index contributed by atoms with van der Waals surface area (Å²) >= 11 is 0. The van der Waals surface area contributed by atoms with E-state index in [0.29, 0.717) is 0 Å². The molecule has 0 aliphatic rings. The van der Waals surface area contributed by atoms with Gasteiger partial charge in [-0.25, -0.2) is 4.79 Å². The van der Waals surface area contributed by atoms with Gasteiger partial charge in [0.2, 0.25) is 0 Å². The molecule has 0 aliphatic carbocycles. The van der Waals surface area contributed by atoms with Gasteiger partial charge in [0.05, 0.1) is 17.6 Å². The average molecular weight is 263 g/mol. The molecule has 0 spiro atoms. The molecule has 0 aliphatic heterocycles. The van der Waals surface area contributed by atoms with Gasteiger partial charge < -0.3 is 9.47 Å². The van der Waals surface area contributed by atoms with Crippen LogP contribution in [0.25, 0.3) is 0 Å². The number of benzene rings is 1. The molecule has 0 saturated carbocycles. The van der Waals surface area contributed by atoms with E-state index in [4.69, 9.17) is 11.2 Å². The van der Waals surface area contributed by atoms with Crippen LogP contribution in [0, 0.1) is 22.5 Å². The third kappa shape index (κ3) is 3.45. The maximum absolute atomic E-state index is 11.4. The monoisotopic (exact) mass is 263 g/mol. The normalized spacial score (nSPS) is 10.4. The van der Waals surface area contributed by atoms with Gasteiger partial charge in [0, 0.05) is 12.1 Å². The molecule has 6 nitrogen and oxygen atoms in total. The zero-order valence-electron chi connectivity index (χ0n) is 10.8. The summed E-state index contributed by atoms with van der Waals surface area (Å²) in [6.07, 6.45) is 5.27. The number of hydrogen-bond donors (Lipinski definition) is 0. The summed E-state index contributed by atoms with van der Waals surface area (Å²) in [6, 6.07) is 3.71. The molecule has 0 radical (unpaired) electrons. The lowest BCUT2D eigenvalue weighted by molar-refractivity contribution is -0.386. The Bertz CT molecular complexity index is 557. The van der Waals surface area contributed by atoms with E-state index < -0.39 is 16.5 Å². The summed E-state index contributed by atoms with van der Waals surface area (Å²) in [7, 11) is 1.22. The van der Waals surface area contributed by atoms with E-state index >= 15 is 0 Å². The molecular weight excluding hydrogens is 250 g/mol. The molecule has 0 unspecified atom stereocenters. The summed E-state index contributed by atoms with van der Waals surface area (Å²) in [4.78, 5) is 21.7. The zero-order chi connectivity index (χ0) is 14.6. The van der Waals surface area contributed by atoms with Crippen molar-refractivity contribution in [2.75, 3.05) is 7.11 Å². The number of esters is 1. The molecule has 1 aromatic rings. The van der Waals surface area contributed by atoms with Crippen molar-refractivity contribution >= 4 is 11.7 Å². The first-order valence-corrected chi connectivity index (χ1v) is 5.34. The summed E-state index contributed by atoms with van der Waals surface area (Å²) in [5.41, 5.74) is -1.15. The minimum absolute atomic E-state index is 0.0733. The van der Waals surface area contributed by atoms with Gasteiger partial charge >= 0.3 is 11.7 Å². The van der Waals surface area contributed by atoms with Crippen molar-refractivity contribution in [1.29, 1.82) is 0 Å². The number of nitrogens with zero attached hydrogens (tertiary/aromatic N) is 1. The van der Waals surface area contributed by atoms with Crippen LogP contribution in [0.3, 0.4) is 0 Å². The van der Waals surface area contributed by atoms with Gasteiger partial charge in [-0.05, 0) is 19.9 Å². The lowest BCUT2D eigenvalue weighted by atomic mass is 10.1. The Morgan fingerprint density at radius 1 is 1.47 bits per heavy atom. The fourth-order valence-electron chi connectivity index (χ4n) is 1.30. The van der Waals surface area contributed by atoms with Crippen molar-refractivity contribution in [3.63, 3.8) is 0 Å². The van der Waals surface area contributed by atoms with Crippen LogP contribution in [0.4, 0.5) is 5.69 Å². The van der Waals surface area contributed by atoms with E-state index in [0.717, 1.165) is 0 Å². The molecule has 0 amide bonds. The van der Waals surface area contributed by atoms with Crippen molar-refractivity contribution in [1.82, 2.24) is 0 Å². The Morgan fingerprint density at radius 3 is 2.58 bits per heavy atom. The van der Waals surface area contributed by atoms with Crippen LogP contribution in [0.2, 0.25) is 0 Å². The summed E-state index contributed by atoms with van der Waals surface area (Å²) < 4.78 is 9.94. The third-order valence-electron chi connectivity index (χ3n) is 2.29. The maximum Gasteiger partial charge on any atom is 0.337 e. The number of carbonyl (C=O) groups excluding carboxylic acids is 1. The Kier molecular flexibility index (Phi) is 4.12. The standard InChI is InChI=1S/C13H13NO5/c1-5-13(2,3)19-11-8-9(12(15)18-4)6-7-10(11)14(16)17/h1,6-8H,2-4H3. The van der Waals surface area contributed by atoms with E-state index in [1.54, 1.807) is 13.8 Å². The molecule has 0 bridgehead atoms. The van der Waals surface area contributed by atoms with Crippen molar-refractivity contribution in [3.8, 4) is 18.1 Å². The first-order chi connectivity index (χ1) is 8.80. The van der Waals surface area contributed by atoms with Crippen LogP contribution in [0.1, 0.15) is 24.2 Å². The number of nitro benzene ring substituents is 1. The van der Waals surface area contributed by atoms with Crippen LogP contribution in [0.5, 0.6) is 5.75 Å². The number of carbonyl (C=O) groups is 1. The molecule has 0 fully saturated rings. The lowest BCUT2D eigenvalue weighted by Crippen LogP contribution is -2.26. The molecule has 100 valence electrons. The largest absolute Gasteiger partial charge is 0.468 e. The minimum atomic E-state index is -1.03. The van der Waals surface area contributed by atoms with Gasteiger partial charge in [-0.3, -0.25) is 10.1 Å². The second kappa shape index (κ2) is 5.40. The number of terminal acetylenes is 1. The molecule has 19 heavy (non-hydrogen) atoms. The number of rotatable bonds is 4. The van der Waals surface area contributed by atoms with Gasteiger partial charge in [-0.2, -0.15) is 0 Å². The number of ether oxygens (including phenoxy) is 2. The second-order valence-electron chi connectivity index (χ2n) is 4.19. The molecule has 1 rings (SSSR count).